The van der Waals surface area contributed by atoms with Crippen molar-refractivity contribution >= 4 is 11.9 Å². The lowest BCUT2D eigenvalue weighted by Crippen LogP contribution is -2.45. The molecule has 0 saturated heterocycles. The highest BCUT2D eigenvalue weighted by Gasteiger charge is 2.19. The van der Waals surface area contributed by atoms with E-state index in [0.29, 0.717) is 32.3 Å². The average molecular weight is 860 g/mol. The first kappa shape index (κ1) is 59.3. The van der Waals surface area contributed by atoms with Crippen LogP contribution in [0.15, 0.2) is 24.3 Å². The Balaban J connectivity index is 3.55. The van der Waals surface area contributed by atoms with E-state index in [1.807, 2.05) is 6.08 Å². The van der Waals surface area contributed by atoms with E-state index in [4.69, 9.17) is 4.74 Å². The molecule has 0 radical (unpaired) electrons. The molecule has 0 rings (SSSR count). The van der Waals surface area contributed by atoms with E-state index >= 15 is 0 Å². The molecule has 2 unspecified atom stereocenters. The van der Waals surface area contributed by atoms with Gasteiger partial charge in [-0.15, -0.1) is 0 Å². The van der Waals surface area contributed by atoms with Gasteiger partial charge in [-0.2, -0.15) is 0 Å². The first-order valence-corrected chi connectivity index (χ1v) is 27.1. The molecule has 6 heteroatoms. The third-order valence-corrected chi connectivity index (χ3v) is 12.5. The van der Waals surface area contributed by atoms with E-state index in [1.165, 1.54) is 199 Å². The van der Waals surface area contributed by atoms with Crippen LogP contribution in [0.25, 0.3) is 0 Å². The second kappa shape index (κ2) is 51.0. The minimum Gasteiger partial charge on any atom is -0.466 e. The van der Waals surface area contributed by atoms with Crippen LogP contribution in [0, 0.1) is 0 Å². The Morgan fingerprint density at radius 1 is 0.459 bits per heavy atom. The van der Waals surface area contributed by atoms with Crippen LogP contribution in [0.1, 0.15) is 290 Å². The maximum Gasteiger partial charge on any atom is 0.305 e. The zero-order chi connectivity index (χ0) is 44.4. The highest BCUT2D eigenvalue weighted by Crippen LogP contribution is 2.17. The summed E-state index contributed by atoms with van der Waals surface area (Å²) in [4.78, 5) is 24.4. The van der Waals surface area contributed by atoms with E-state index in [1.54, 1.807) is 0 Å². The lowest BCUT2D eigenvalue weighted by Gasteiger charge is -2.22. The van der Waals surface area contributed by atoms with Gasteiger partial charge >= 0.3 is 5.97 Å². The second-order valence-electron chi connectivity index (χ2n) is 18.6. The van der Waals surface area contributed by atoms with Gasteiger partial charge in [0.15, 0.2) is 0 Å². The molecule has 2 atom stereocenters. The third kappa shape index (κ3) is 47.7. The monoisotopic (exact) mass is 860 g/mol. The van der Waals surface area contributed by atoms with Gasteiger partial charge < -0.3 is 20.3 Å². The summed E-state index contributed by atoms with van der Waals surface area (Å²) in [6.45, 7) is 4.90. The van der Waals surface area contributed by atoms with E-state index in [9.17, 15) is 19.8 Å². The van der Waals surface area contributed by atoms with E-state index in [-0.39, 0.29) is 18.5 Å². The lowest BCUT2D eigenvalue weighted by atomic mass is 10.0. The summed E-state index contributed by atoms with van der Waals surface area (Å²) >= 11 is 0. The van der Waals surface area contributed by atoms with Crippen molar-refractivity contribution in [2.45, 2.75) is 302 Å². The topological polar surface area (TPSA) is 95.9 Å². The van der Waals surface area contributed by atoms with Crippen LogP contribution < -0.4 is 5.32 Å². The van der Waals surface area contributed by atoms with Gasteiger partial charge in [0, 0.05) is 12.8 Å². The standard InChI is InChI=1S/C55H105NO5/c1-3-5-7-9-11-13-15-17-18-19-20-21-22-24-27-31-35-39-43-47-53(58)52(51-57)56-54(59)48-44-40-36-32-28-25-23-26-30-34-38-42-46-50-61-55(60)49-45-41-37-33-29-16-14-12-10-8-6-4-2/h25,28,36,40,52-53,57-58H,3-24,26-27,29-35,37-39,41-51H2,1-2H3,(H,56,59)/b28-25-,40-36-. The molecule has 0 aliphatic rings. The molecule has 6 nitrogen and oxygen atoms in total. The first-order chi connectivity index (χ1) is 30.0. The SMILES string of the molecule is CCCCCCCCCCCCCCCCCCCCCC(O)C(CO)NC(=O)CC/C=C\C/C=C\CCCCCCCCOC(=O)CCCCCCCCCCCCCC. The number of allylic oxidation sites excluding steroid dienone is 4. The number of carbonyl (C=O) groups excluding carboxylic acids is 2. The predicted molar refractivity (Wildman–Crippen MR) is 264 cm³/mol. The molecule has 61 heavy (non-hydrogen) atoms. The van der Waals surface area contributed by atoms with Crippen molar-refractivity contribution in [2.75, 3.05) is 13.2 Å². The molecule has 0 aromatic heterocycles. The fraction of sp³-hybridized carbons (Fsp3) is 0.891. The smallest absolute Gasteiger partial charge is 0.305 e. The average Bonchev–Trinajstić information content (AvgIpc) is 3.26. The molecule has 0 heterocycles. The van der Waals surface area contributed by atoms with E-state index < -0.39 is 12.1 Å². The number of aliphatic hydroxyl groups excluding tert-OH is 2. The fourth-order valence-corrected chi connectivity index (χ4v) is 8.34. The quantitative estimate of drug-likeness (QED) is 0.0322. The molecule has 360 valence electrons. The summed E-state index contributed by atoms with van der Waals surface area (Å²) in [5.74, 6) is -0.129. The number of carbonyl (C=O) groups is 2. The first-order valence-electron chi connectivity index (χ1n) is 27.1. The van der Waals surface area contributed by atoms with Gasteiger partial charge in [0.05, 0.1) is 25.4 Å². The van der Waals surface area contributed by atoms with Crippen molar-refractivity contribution in [3.05, 3.63) is 24.3 Å². The highest BCUT2D eigenvalue weighted by molar-refractivity contribution is 5.76. The second-order valence-corrected chi connectivity index (χ2v) is 18.6. The molecule has 0 bridgehead atoms. The van der Waals surface area contributed by atoms with Gasteiger partial charge in [0.1, 0.15) is 0 Å². The van der Waals surface area contributed by atoms with Gasteiger partial charge in [0.2, 0.25) is 5.91 Å². The molecule has 3 N–H and O–H groups in total. The van der Waals surface area contributed by atoms with Crippen LogP contribution in [0.5, 0.6) is 0 Å². The Bertz CT molecular complexity index is 951. The summed E-state index contributed by atoms with van der Waals surface area (Å²) in [7, 11) is 0. The number of nitrogens with one attached hydrogen (secondary N) is 1. The summed E-state index contributed by atoms with van der Waals surface area (Å²) in [6, 6.07) is -0.585. The Hall–Kier alpha value is -1.66. The van der Waals surface area contributed by atoms with Gasteiger partial charge in [-0.05, 0) is 44.9 Å². The Labute approximate surface area is 380 Å². The van der Waals surface area contributed by atoms with Crippen molar-refractivity contribution in [1.29, 1.82) is 0 Å². The van der Waals surface area contributed by atoms with Crippen LogP contribution in [-0.4, -0.2) is 47.4 Å². The summed E-state index contributed by atoms with van der Waals surface area (Å²) < 4.78 is 5.44. The number of unbranched alkanes of at least 4 members (excludes halogenated alkanes) is 35. The number of ether oxygens (including phenoxy) is 1. The summed E-state index contributed by atoms with van der Waals surface area (Å²) in [6.07, 6.45) is 60.2. The zero-order valence-corrected chi connectivity index (χ0v) is 40.9. The largest absolute Gasteiger partial charge is 0.466 e. The maximum atomic E-state index is 12.4. The molecule has 0 aromatic rings. The molecular formula is C55H105NO5. The van der Waals surface area contributed by atoms with Crippen LogP contribution in [0.4, 0.5) is 0 Å². The Morgan fingerprint density at radius 3 is 1.28 bits per heavy atom. The number of hydrogen-bond acceptors (Lipinski definition) is 5. The third-order valence-electron chi connectivity index (χ3n) is 12.5. The van der Waals surface area contributed by atoms with Crippen molar-refractivity contribution < 1.29 is 24.5 Å². The lowest BCUT2D eigenvalue weighted by molar-refractivity contribution is -0.143. The number of amides is 1. The number of aliphatic hydroxyl groups is 2. The summed E-state index contributed by atoms with van der Waals surface area (Å²) in [5, 5.41) is 23.2. The van der Waals surface area contributed by atoms with Crippen LogP contribution in [0.3, 0.4) is 0 Å². The van der Waals surface area contributed by atoms with Gasteiger partial charge in [-0.25, -0.2) is 0 Å². The molecule has 0 spiro atoms. The Kier molecular flexibility index (Phi) is 49.6. The van der Waals surface area contributed by atoms with Crippen molar-refractivity contribution in [3.63, 3.8) is 0 Å². The minimum absolute atomic E-state index is 0.0160. The normalized spacial score (nSPS) is 12.8. The number of hydrogen-bond donors (Lipinski definition) is 3. The van der Waals surface area contributed by atoms with Crippen LogP contribution in [-0.2, 0) is 14.3 Å². The highest BCUT2D eigenvalue weighted by atomic mass is 16.5. The number of rotatable bonds is 50. The molecule has 0 aromatic carbocycles. The molecule has 0 fully saturated rings. The summed E-state index contributed by atoms with van der Waals surface area (Å²) in [5.41, 5.74) is 0. The molecular weight excluding hydrogens is 755 g/mol. The minimum atomic E-state index is -0.699. The zero-order valence-electron chi connectivity index (χ0n) is 40.9. The van der Waals surface area contributed by atoms with Crippen molar-refractivity contribution in [3.8, 4) is 0 Å². The van der Waals surface area contributed by atoms with Crippen molar-refractivity contribution in [2.24, 2.45) is 0 Å². The fourth-order valence-electron chi connectivity index (χ4n) is 8.34. The molecule has 1 amide bonds. The number of esters is 1. The molecule has 0 aliphatic heterocycles. The predicted octanol–water partition coefficient (Wildman–Crippen LogP) is 16.3. The van der Waals surface area contributed by atoms with Gasteiger partial charge in [-0.1, -0.05) is 256 Å². The van der Waals surface area contributed by atoms with Crippen LogP contribution in [0.2, 0.25) is 0 Å². The van der Waals surface area contributed by atoms with Crippen LogP contribution >= 0.6 is 0 Å². The molecule has 0 aliphatic carbocycles. The van der Waals surface area contributed by atoms with E-state index in [0.717, 1.165) is 51.4 Å². The van der Waals surface area contributed by atoms with Gasteiger partial charge in [0.25, 0.3) is 0 Å². The van der Waals surface area contributed by atoms with Crippen molar-refractivity contribution in [1.82, 2.24) is 5.32 Å². The maximum absolute atomic E-state index is 12.4. The molecule has 0 saturated carbocycles. The Morgan fingerprint density at radius 2 is 0.836 bits per heavy atom. The van der Waals surface area contributed by atoms with E-state index in [2.05, 4.69) is 37.4 Å². The van der Waals surface area contributed by atoms with Gasteiger partial charge in [-0.3, -0.25) is 9.59 Å².